The van der Waals surface area contributed by atoms with Gasteiger partial charge in [-0.05, 0) is 55.0 Å². The smallest absolute Gasteiger partial charge is 0.261 e. The summed E-state index contributed by atoms with van der Waals surface area (Å²) in [5.41, 5.74) is 2.97. The lowest BCUT2D eigenvalue weighted by molar-refractivity contribution is -0.127. The number of hydrogen-bond donors (Lipinski definition) is 1. The molecule has 2 aromatic heterocycles. The van der Waals surface area contributed by atoms with E-state index in [0.717, 1.165) is 11.1 Å². The summed E-state index contributed by atoms with van der Waals surface area (Å²) >= 11 is 12.0. The third-order valence-corrected chi connectivity index (χ3v) is 4.93. The van der Waals surface area contributed by atoms with Crippen LogP contribution in [0.25, 0.3) is 22.7 Å². The summed E-state index contributed by atoms with van der Waals surface area (Å²) < 4.78 is 11.3. The van der Waals surface area contributed by atoms with E-state index in [9.17, 15) is 4.79 Å². The van der Waals surface area contributed by atoms with Crippen molar-refractivity contribution in [2.75, 3.05) is 0 Å². The van der Waals surface area contributed by atoms with Gasteiger partial charge in [-0.2, -0.15) is 4.98 Å². The Labute approximate surface area is 182 Å². The van der Waals surface area contributed by atoms with Crippen LogP contribution in [0.5, 0.6) is 5.75 Å². The lowest BCUT2D eigenvalue weighted by atomic mass is 10.1. The van der Waals surface area contributed by atoms with Gasteiger partial charge in [0.1, 0.15) is 5.75 Å². The number of ether oxygens (including phenoxy) is 1. The second kappa shape index (κ2) is 8.73. The zero-order chi connectivity index (χ0) is 21.1. The molecule has 2 heterocycles. The quantitative estimate of drug-likeness (QED) is 0.440. The Balaban J connectivity index is 1.35. The van der Waals surface area contributed by atoms with Gasteiger partial charge in [0.15, 0.2) is 17.3 Å². The van der Waals surface area contributed by atoms with Gasteiger partial charge in [0.05, 0.1) is 5.02 Å². The summed E-state index contributed by atoms with van der Waals surface area (Å²) in [6.07, 6.45) is 0.960. The average Bonchev–Trinajstić information content (AvgIpc) is 3.18. The summed E-state index contributed by atoms with van der Waals surface area (Å²) in [6, 6.07) is 16.1. The number of oxazole rings is 1. The van der Waals surface area contributed by atoms with Crippen LogP contribution in [0.3, 0.4) is 0 Å². The largest absolute Gasteiger partial charge is 0.479 e. The van der Waals surface area contributed by atoms with Gasteiger partial charge in [-0.15, -0.1) is 0 Å². The molecule has 0 saturated carbocycles. The third-order valence-electron chi connectivity index (χ3n) is 4.40. The predicted molar refractivity (Wildman–Crippen MR) is 116 cm³/mol. The van der Waals surface area contributed by atoms with E-state index in [1.165, 1.54) is 0 Å². The molecule has 0 saturated heterocycles. The first-order valence-corrected chi connectivity index (χ1v) is 9.95. The zero-order valence-corrected chi connectivity index (χ0v) is 17.4. The minimum atomic E-state index is -0.713. The fourth-order valence-corrected chi connectivity index (χ4v) is 3.26. The molecule has 0 unspecified atom stereocenters. The van der Waals surface area contributed by atoms with Crippen molar-refractivity contribution in [1.82, 2.24) is 15.3 Å². The number of benzene rings is 2. The number of rotatable bonds is 6. The molecular weight excluding hydrogens is 425 g/mol. The molecule has 4 aromatic rings. The fourth-order valence-electron chi connectivity index (χ4n) is 2.81. The lowest BCUT2D eigenvalue weighted by Gasteiger charge is -2.16. The highest BCUT2D eigenvalue weighted by Gasteiger charge is 2.16. The maximum absolute atomic E-state index is 12.3. The van der Waals surface area contributed by atoms with Crippen molar-refractivity contribution in [2.24, 2.45) is 0 Å². The number of carbonyl (C=O) groups is 1. The van der Waals surface area contributed by atoms with E-state index in [0.29, 0.717) is 39.5 Å². The number of carbonyl (C=O) groups excluding carboxylic acids is 1. The first-order valence-electron chi connectivity index (χ1n) is 9.20. The molecule has 0 radical (unpaired) electrons. The normalized spacial score (nSPS) is 12.0. The van der Waals surface area contributed by atoms with Crippen LogP contribution in [0.15, 0.2) is 65.2 Å². The summed E-state index contributed by atoms with van der Waals surface area (Å²) in [5.74, 6) is 0.650. The van der Waals surface area contributed by atoms with E-state index in [1.54, 1.807) is 37.4 Å². The molecule has 1 atom stereocenters. The number of aromatic nitrogens is 2. The molecule has 1 N–H and O–H groups in total. The molecule has 1 amide bonds. The molecule has 8 heteroatoms. The first kappa shape index (κ1) is 20.2. The summed E-state index contributed by atoms with van der Waals surface area (Å²) in [6.45, 7) is 2.01. The number of amides is 1. The molecule has 0 aliphatic rings. The number of nitrogens with one attached hydrogen (secondary N) is 1. The summed E-state index contributed by atoms with van der Waals surface area (Å²) in [7, 11) is 0. The molecule has 0 spiro atoms. The minimum absolute atomic E-state index is 0.255. The van der Waals surface area contributed by atoms with Crippen LogP contribution in [-0.4, -0.2) is 22.0 Å². The van der Waals surface area contributed by atoms with Gasteiger partial charge >= 0.3 is 0 Å². The van der Waals surface area contributed by atoms with Crippen LogP contribution in [-0.2, 0) is 11.3 Å². The van der Waals surface area contributed by atoms with Gasteiger partial charge in [0.2, 0.25) is 5.89 Å². The summed E-state index contributed by atoms with van der Waals surface area (Å²) in [4.78, 5) is 20.9. The summed E-state index contributed by atoms with van der Waals surface area (Å²) in [5, 5.41) is 3.70. The van der Waals surface area contributed by atoms with Gasteiger partial charge in [-0.25, -0.2) is 4.98 Å². The standard InChI is InChI=1S/C22H17Cl2N3O3/c1-13(29-18-9-8-16(23)11-17(18)24)21(28)26-12-14-4-6-15(7-5-14)22-27-20-19(30-22)3-2-10-25-20/h2-11,13H,12H2,1H3,(H,26,28)/t13-/m0/s1. The first-order chi connectivity index (χ1) is 14.5. The number of nitrogens with zero attached hydrogens (tertiary/aromatic N) is 2. The maximum atomic E-state index is 12.3. The molecule has 0 fully saturated rings. The van der Waals surface area contributed by atoms with Crippen LogP contribution in [0.1, 0.15) is 12.5 Å². The number of fused-ring (bicyclic) bond motifs is 1. The van der Waals surface area contributed by atoms with E-state index in [2.05, 4.69) is 15.3 Å². The van der Waals surface area contributed by atoms with Crippen LogP contribution in [0.2, 0.25) is 10.0 Å². The SMILES string of the molecule is C[C@H](Oc1ccc(Cl)cc1Cl)C(=O)NCc1ccc(-c2nc3ncccc3o2)cc1. The van der Waals surface area contributed by atoms with Crippen LogP contribution >= 0.6 is 23.2 Å². The number of pyridine rings is 1. The highest BCUT2D eigenvalue weighted by Crippen LogP contribution is 2.28. The predicted octanol–water partition coefficient (Wildman–Crippen LogP) is 5.28. The Kier molecular flexibility index (Phi) is 5.88. The molecule has 0 bridgehead atoms. The number of halogens is 2. The van der Waals surface area contributed by atoms with E-state index in [4.69, 9.17) is 32.4 Å². The molecule has 30 heavy (non-hydrogen) atoms. The topological polar surface area (TPSA) is 77.2 Å². The molecule has 4 rings (SSSR count). The Morgan fingerprint density at radius 1 is 1.17 bits per heavy atom. The molecule has 6 nitrogen and oxygen atoms in total. The highest BCUT2D eigenvalue weighted by atomic mass is 35.5. The van der Waals surface area contributed by atoms with Crippen LogP contribution in [0, 0.1) is 0 Å². The van der Waals surface area contributed by atoms with Gasteiger partial charge in [-0.1, -0.05) is 35.3 Å². The monoisotopic (exact) mass is 441 g/mol. The Bertz CT molecular complexity index is 1160. The minimum Gasteiger partial charge on any atom is -0.479 e. The van der Waals surface area contributed by atoms with Gasteiger partial charge in [0.25, 0.3) is 5.91 Å². The van der Waals surface area contributed by atoms with Crippen LogP contribution in [0.4, 0.5) is 0 Å². The van der Waals surface area contributed by atoms with E-state index < -0.39 is 6.10 Å². The van der Waals surface area contributed by atoms with E-state index >= 15 is 0 Å². The van der Waals surface area contributed by atoms with Crippen LogP contribution < -0.4 is 10.1 Å². The van der Waals surface area contributed by atoms with E-state index in [1.807, 2.05) is 30.3 Å². The highest BCUT2D eigenvalue weighted by molar-refractivity contribution is 6.35. The van der Waals surface area contributed by atoms with E-state index in [-0.39, 0.29) is 5.91 Å². The van der Waals surface area contributed by atoms with Crippen molar-refractivity contribution in [3.8, 4) is 17.2 Å². The Morgan fingerprint density at radius 2 is 1.97 bits per heavy atom. The Hall–Kier alpha value is -3.09. The van der Waals surface area contributed by atoms with Crippen molar-refractivity contribution in [3.63, 3.8) is 0 Å². The Morgan fingerprint density at radius 3 is 2.70 bits per heavy atom. The average molecular weight is 442 g/mol. The van der Waals surface area contributed by atoms with Gasteiger partial charge in [-0.3, -0.25) is 4.79 Å². The molecule has 152 valence electrons. The van der Waals surface area contributed by atoms with Crippen molar-refractivity contribution in [1.29, 1.82) is 0 Å². The molecular formula is C22H17Cl2N3O3. The van der Waals surface area contributed by atoms with Crippen molar-refractivity contribution < 1.29 is 13.9 Å². The van der Waals surface area contributed by atoms with Gasteiger partial charge in [0, 0.05) is 23.3 Å². The molecule has 2 aromatic carbocycles. The zero-order valence-electron chi connectivity index (χ0n) is 15.9. The maximum Gasteiger partial charge on any atom is 0.261 e. The molecule has 0 aliphatic heterocycles. The second-order valence-electron chi connectivity index (χ2n) is 6.59. The second-order valence-corrected chi connectivity index (χ2v) is 7.44. The fraction of sp³-hybridized carbons (Fsp3) is 0.136. The third kappa shape index (κ3) is 4.56. The van der Waals surface area contributed by atoms with Crippen molar-refractivity contribution in [2.45, 2.75) is 19.6 Å². The number of hydrogen-bond acceptors (Lipinski definition) is 5. The molecule has 0 aliphatic carbocycles. The van der Waals surface area contributed by atoms with Crippen molar-refractivity contribution >= 4 is 40.3 Å². The van der Waals surface area contributed by atoms with Crippen molar-refractivity contribution in [3.05, 3.63) is 76.4 Å². The van der Waals surface area contributed by atoms with Gasteiger partial charge < -0.3 is 14.5 Å². The lowest BCUT2D eigenvalue weighted by Crippen LogP contribution is -2.35.